The minimum atomic E-state index is -0.509. The molecule has 2 aromatic rings. The third-order valence-corrected chi connectivity index (χ3v) is 3.39. The molecule has 0 saturated carbocycles. The molecule has 0 aliphatic rings. The molecule has 8 heteroatoms. The van der Waals surface area contributed by atoms with Crippen molar-refractivity contribution in [1.82, 2.24) is 5.43 Å². The number of halogens is 3. The van der Waals surface area contributed by atoms with Crippen molar-refractivity contribution >= 4 is 51.9 Å². The summed E-state index contributed by atoms with van der Waals surface area (Å²) in [5, 5.41) is -0.916. The van der Waals surface area contributed by atoms with Crippen LogP contribution in [0.5, 0.6) is 0 Å². The lowest BCUT2D eigenvalue weighted by atomic mass is 10.1. The summed E-state index contributed by atoms with van der Waals surface area (Å²) in [4.78, 5) is 31.8. The number of carbonyl (C=O) groups excluding carboxylic acids is 3. The van der Waals surface area contributed by atoms with Gasteiger partial charge in [-0.05, 0) is 63.0 Å². The molecule has 0 radical (unpaired) electrons. The molecule has 0 fully saturated rings. The van der Waals surface area contributed by atoms with Gasteiger partial charge in [-0.2, -0.15) is 0 Å². The van der Waals surface area contributed by atoms with Gasteiger partial charge < -0.3 is 0 Å². The average Bonchev–Trinajstić information content (AvgIpc) is 2.63. The standard InChI is InChI=1S/C9H7ClO2.C7H5ClO.C4H12N2.ClH/c1-6(11)7-2-4-8(5-3-7)9(10)12;8-7(9)6-4-2-1-3-5-6;1-4(2,3)6-5;/h2-5H,1H3;1-5H;6H,5H2,1-3H3;1H. The molecule has 0 atom stereocenters. The normalized spacial score (nSPS) is 9.54. The van der Waals surface area contributed by atoms with Gasteiger partial charge in [0.25, 0.3) is 10.5 Å². The van der Waals surface area contributed by atoms with Gasteiger partial charge in [0.15, 0.2) is 5.78 Å². The first kappa shape index (κ1) is 28.4. The summed E-state index contributed by atoms with van der Waals surface area (Å²) in [6, 6.07) is 15.0. The lowest BCUT2D eigenvalue weighted by Crippen LogP contribution is -2.41. The van der Waals surface area contributed by atoms with Gasteiger partial charge in [0.2, 0.25) is 0 Å². The van der Waals surface area contributed by atoms with Crippen molar-refractivity contribution in [3.63, 3.8) is 0 Å². The van der Waals surface area contributed by atoms with Crippen molar-refractivity contribution in [2.45, 2.75) is 33.2 Å². The molecule has 0 aromatic heterocycles. The number of rotatable bonds is 3. The SMILES string of the molecule is CC(=O)c1ccc(C(=O)Cl)cc1.CC(C)(C)NN.Cl.O=C(Cl)c1ccccc1. The zero-order valence-electron chi connectivity index (χ0n) is 16.2. The summed E-state index contributed by atoms with van der Waals surface area (Å²) in [5.41, 5.74) is 4.20. The Morgan fingerprint density at radius 3 is 1.36 bits per heavy atom. The van der Waals surface area contributed by atoms with Crippen LogP contribution in [0.25, 0.3) is 0 Å². The highest BCUT2D eigenvalue weighted by atomic mass is 35.5. The number of hydrogen-bond acceptors (Lipinski definition) is 5. The van der Waals surface area contributed by atoms with Crippen molar-refractivity contribution in [2.24, 2.45) is 5.84 Å². The number of Topliss-reactive ketones (excluding diaryl/α,β-unsaturated/α-hetero) is 1. The molecular weight excluding hydrogens is 423 g/mol. The maximum absolute atomic E-state index is 10.8. The first-order valence-electron chi connectivity index (χ1n) is 8.01. The lowest BCUT2D eigenvalue weighted by Gasteiger charge is -2.14. The molecule has 0 spiro atoms. The Balaban J connectivity index is 0. The highest BCUT2D eigenvalue weighted by molar-refractivity contribution is 6.68. The second kappa shape index (κ2) is 14.3. The molecule has 0 bridgehead atoms. The third kappa shape index (κ3) is 13.4. The van der Waals surface area contributed by atoms with Gasteiger partial charge in [-0.3, -0.25) is 25.7 Å². The maximum Gasteiger partial charge on any atom is 0.252 e. The van der Waals surface area contributed by atoms with Crippen molar-refractivity contribution in [3.05, 3.63) is 71.3 Å². The van der Waals surface area contributed by atoms with Crippen LogP contribution in [0, 0.1) is 0 Å². The molecule has 154 valence electrons. The monoisotopic (exact) mass is 446 g/mol. The number of hydrogen-bond donors (Lipinski definition) is 2. The molecule has 0 aliphatic heterocycles. The van der Waals surface area contributed by atoms with Gasteiger partial charge in [0.05, 0.1) is 0 Å². The Hall–Kier alpha value is -1.76. The first-order valence-corrected chi connectivity index (χ1v) is 8.77. The van der Waals surface area contributed by atoms with E-state index in [0.29, 0.717) is 16.7 Å². The topological polar surface area (TPSA) is 89.3 Å². The fourth-order valence-electron chi connectivity index (χ4n) is 1.41. The number of carbonyl (C=O) groups is 3. The van der Waals surface area contributed by atoms with Crippen LogP contribution in [0.1, 0.15) is 58.8 Å². The van der Waals surface area contributed by atoms with Crippen molar-refractivity contribution in [2.75, 3.05) is 0 Å². The lowest BCUT2D eigenvalue weighted by molar-refractivity contribution is 0.101. The zero-order valence-corrected chi connectivity index (χ0v) is 18.5. The van der Waals surface area contributed by atoms with Crippen LogP contribution in [0.15, 0.2) is 54.6 Å². The van der Waals surface area contributed by atoms with E-state index in [1.807, 2.05) is 26.8 Å². The minimum Gasteiger partial charge on any atom is -0.295 e. The summed E-state index contributed by atoms with van der Waals surface area (Å²) in [6.45, 7) is 7.49. The molecule has 2 aromatic carbocycles. The van der Waals surface area contributed by atoms with E-state index in [4.69, 9.17) is 29.0 Å². The second-order valence-electron chi connectivity index (χ2n) is 6.44. The number of hydrazine groups is 1. The van der Waals surface area contributed by atoms with Gasteiger partial charge in [0, 0.05) is 22.2 Å². The smallest absolute Gasteiger partial charge is 0.252 e. The van der Waals surface area contributed by atoms with Crippen molar-refractivity contribution in [1.29, 1.82) is 0 Å². The third-order valence-electron chi connectivity index (χ3n) is 2.95. The van der Waals surface area contributed by atoms with Crippen molar-refractivity contribution < 1.29 is 14.4 Å². The maximum atomic E-state index is 10.8. The van der Waals surface area contributed by atoms with Gasteiger partial charge in [-0.15, -0.1) is 12.4 Å². The fourth-order valence-corrected chi connectivity index (χ4v) is 1.66. The van der Waals surface area contributed by atoms with Crippen molar-refractivity contribution in [3.8, 4) is 0 Å². The van der Waals surface area contributed by atoms with E-state index in [-0.39, 0.29) is 23.7 Å². The van der Waals surface area contributed by atoms with Crippen LogP contribution in [0.2, 0.25) is 0 Å². The summed E-state index contributed by atoms with van der Waals surface area (Å²) in [7, 11) is 0. The zero-order chi connectivity index (χ0) is 21.0. The molecule has 0 aliphatic carbocycles. The number of nitrogens with two attached hydrogens (primary N) is 1. The highest BCUT2D eigenvalue weighted by Gasteiger charge is 2.03. The molecule has 0 amide bonds. The van der Waals surface area contributed by atoms with Crippen LogP contribution in [-0.2, 0) is 0 Å². The van der Waals surface area contributed by atoms with E-state index < -0.39 is 10.5 Å². The summed E-state index contributed by atoms with van der Waals surface area (Å²) in [5.74, 6) is 5.03. The summed E-state index contributed by atoms with van der Waals surface area (Å²) >= 11 is 10.4. The van der Waals surface area contributed by atoms with Crippen LogP contribution < -0.4 is 11.3 Å². The van der Waals surface area contributed by atoms with E-state index in [0.717, 1.165) is 0 Å². The Labute approximate surface area is 182 Å². The Bertz CT molecular complexity index is 711. The van der Waals surface area contributed by atoms with E-state index in [9.17, 15) is 14.4 Å². The van der Waals surface area contributed by atoms with Gasteiger partial charge >= 0.3 is 0 Å². The number of ketones is 1. The predicted octanol–water partition coefficient (Wildman–Crippen LogP) is 5.00. The van der Waals surface area contributed by atoms with Crippen LogP contribution >= 0.6 is 35.6 Å². The predicted molar refractivity (Wildman–Crippen MR) is 118 cm³/mol. The molecule has 0 unspecified atom stereocenters. The Kier molecular flexibility index (Phi) is 14.5. The van der Waals surface area contributed by atoms with Crippen LogP contribution in [-0.4, -0.2) is 21.8 Å². The quantitative estimate of drug-likeness (QED) is 0.299. The van der Waals surface area contributed by atoms with Gasteiger partial charge in [-0.25, -0.2) is 0 Å². The molecule has 28 heavy (non-hydrogen) atoms. The van der Waals surface area contributed by atoms with E-state index in [1.165, 1.54) is 19.1 Å². The first-order chi connectivity index (χ1) is 12.5. The van der Waals surface area contributed by atoms with E-state index >= 15 is 0 Å². The molecule has 5 nitrogen and oxygen atoms in total. The van der Waals surface area contributed by atoms with Crippen LogP contribution in [0.4, 0.5) is 0 Å². The summed E-state index contributed by atoms with van der Waals surface area (Å²) in [6.07, 6.45) is 0. The Morgan fingerprint density at radius 1 is 0.786 bits per heavy atom. The highest BCUT2D eigenvalue weighted by Crippen LogP contribution is 2.07. The van der Waals surface area contributed by atoms with Gasteiger partial charge in [0.1, 0.15) is 0 Å². The largest absolute Gasteiger partial charge is 0.295 e. The Morgan fingerprint density at radius 2 is 1.11 bits per heavy atom. The average molecular weight is 448 g/mol. The fraction of sp³-hybridized carbons (Fsp3) is 0.250. The molecule has 0 saturated heterocycles. The van der Waals surface area contributed by atoms with E-state index in [1.54, 1.807) is 36.4 Å². The number of benzene rings is 2. The van der Waals surface area contributed by atoms with Gasteiger partial charge in [-0.1, -0.05) is 42.5 Å². The molecular formula is C20H25Cl3N2O3. The molecule has 0 heterocycles. The van der Waals surface area contributed by atoms with E-state index in [2.05, 4.69) is 5.43 Å². The second-order valence-corrected chi connectivity index (χ2v) is 7.13. The number of nitrogens with one attached hydrogen (secondary N) is 1. The minimum absolute atomic E-state index is 0. The van der Waals surface area contributed by atoms with Crippen LogP contribution in [0.3, 0.4) is 0 Å². The molecule has 3 N–H and O–H groups in total. The summed E-state index contributed by atoms with van der Waals surface area (Å²) < 4.78 is 0. The molecule has 2 rings (SSSR count).